The summed E-state index contributed by atoms with van der Waals surface area (Å²) in [6, 6.07) is -0.775. The van der Waals surface area contributed by atoms with Gasteiger partial charge in [-0.25, -0.2) is 4.79 Å². The second-order valence-electron chi connectivity index (χ2n) is 8.50. The summed E-state index contributed by atoms with van der Waals surface area (Å²) in [5, 5.41) is 12.2. The zero-order valence-electron chi connectivity index (χ0n) is 16.2. The summed E-state index contributed by atoms with van der Waals surface area (Å²) in [7, 11) is 0. The predicted octanol–water partition coefficient (Wildman–Crippen LogP) is 4.62. The molecule has 0 aliphatic heterocycles. The van der Waals surface area contributed by atoms with Crippen molar-refractivity contribution >= 4 is 11.9 Å². The van der Waals surface area contributed by atoms with Gasteiger partial charge in [-0.1, -0.05) is 60.3 Å². The highest BCUT2D eigenvalue weighted by Gasteiger charge is 2.39. The molecule has 0 heterocycles. The Kier molecular flexibility index (Phi) is 8.24. The lowest BCUT2D eigenvalue weighted by molar-refractivity contribution is -0.146. The van der Waals surface area contributed by atoms with E-state index in [4.69, 9.17) is 0 Å². The van der Waals surface area contributed by atoms with Crippen LogP contribution < -0.4 is 5.32 Å². The van der Waals surface area contributed by atoms with E-state index in [9.17, 15) is 14.7 Å². The van der Waals surface area contributed by atoms with Crippen molar-refractivity contribution in [2.45, 2.75) is 92.0 Å². The summed E-state index contributed by atoms with van der Waals surface area (Å²) < 4.78 is 0. The third-order valence-corrected chi connectivity index (χ3v) is 5.92. The van der Waals surface area contributed by atoms with Crippen LogP contribution in [0.2, 0.25) is 0 Å². The van der Waals surface area contributed by atoms with Gasteiger partial charge in [-0.15, -0.1) is 0 Å². The van der Waals surface area contributed by atoms with E-state index in [0.717, 1.165) is 43.9 Å². The first-order valence-corrected chi connectivity index (χ1v) is 9.73. The molecule has 0 saturated heterocycles. The van der Waals surface area contributed by atoms with Crippen molar-refractivity contribution in [3.63, 3.8) is 0 Å². The average molecular weight is 340 g/mol. The van der Waals surface area contributed by atoms with Gasteiger partial charge in [0.25, 0.3) is 0 Å². The van der Waals surface area contributed by atoms with Gasteiger partial charge in [0.1, 0.15) is 6.04 Å². The van der Waals surface area contributed by atoms with Crippen molar-refractivity contribution in [2.24, 2.45) is 23.2 Å². The van der Waals surface area contributed by atoms with Gasteiger partial charge in [0.15, 0.2) is 0 Å². The van der Waals surface area contributed by atoms with Crippen LogP contribution in [0.3, 0.4) is 0 Å². The zero-order chi connectivity index (χ0) is 18.3. The molecule has 1 amide bonds. The number of hydrogen-bond donors (Lipinski definition) is 2. The number of carboxylic acids is 1. The lowest BCUT2D eigenvalue weighted by Gasteiger charge is -2.37. The van der Waals surface area contributed by atoms with Crippen LogP contribution in [0.15, 0.2) is 0 Å². The van der Waals surface area contributed by atoms with Crippen LogP contribution in [0.5, 0.6) is 0 Å². The van der Waals surface area contributed by atoms with E-state index in [0.29, 0.717) is 0 Å². The normalized spacial score (nSPS) is 26.8. The number of aliphatic carboxylic acids is 1. The van der Waals surface area contributed by atoms with Gasteiger partial charge >= 0.3 is 5.97 Å². The topological polar surface area (TPSA) is 66.4 Å². The highest BCUT2D eigenvalue weighted by molar-refractivity contribution is 5.87. The van der Waals surface area contributed by atoms with Crippen LogP contribution in [-0.2, 0) is 9.59 Å². The molecule has 2 N–H and O–H groups in total. The summed E-state index contributed by atoms with van der Waals surface area (Å²) in [6.45, 7) is 10.4. The molecule has 1 aliphatic carbocycles. The Morgan fingerprint density at radius 1 is 1.21 bits per heavy atom. The highest BCUT2D eigenvalue weighted by atomic mass is 16.4. The summed E-state index contributed by atoms with van der Waals surface area (Å²) >= 11 is 0. The Morgan fingerprint density at radius 2 is 1.79 bits per heavy atom. The van der Waals surface area contributed by atoms with E-state index in [2.05, 4.69) is 19.2 Å². The van der Waals surface area contributed by atoms with E-state index < -0.39 is 17.4 Å². The molecule has 0 aromatic rings. The molecule has 0 aromatic carbocycles. The van der Waals surface area contributed by atoms with Crippen molar-refractivity contribution in [1.82, 2.24) is 5.32 Å². The van der Waals surface area contributed by atoms with Crippen LogP contribution in [0.25, 0.3) is 0 Å². The zero-order valence-corrected chi connectivity index (χ0v) is 16.2. The summed E-state index contributed by atoms with van der Waals surface area (Å²) in [4.78, 5) is 24.1. The number of carbonyl (C=O) groups excluding carboxylic acids is 1. The second-order valence-corrected chi connectivity index (χ2v) is 8.50. The fourth-order valence-corrected chi connectivity index (χ4v) is 3.64. The van der Waals surface area contributed by atoms with Crippen LogP contribution in [0.1, 0.15) is 86.0 Å². The van der Waals surface area contributed by atoms with Crippen LogP contribution in [-0.4, -0.2) is 23.0 Å². The van der Waals surface area contributed by atoms with Crippen LogP contribution in [0.4, 0.5) is 0 Å². The number of rotatable bonds is 9. The standard InChI is InChI=1S/C20H37NO3/c1-6-15(4)17(18(22)23)21-19(24)20(5)12-10-16(11-13-20)9-7-8-14(2)3/h14-17H,6-13H2,1-5H3,(H,21,24)(H,22,23)/t15-,16-,17-,20+/m0/s1. The van der Waals surface area contributed by atoms with Crippen LogP contribution >= 0.6 is 0 Å². The van der Waals surface area contributed by atoms with E-state index in [1.54, 1.807) is 0 Å². The molecule has 0 aromatic heterocycles. The quantitative estimate of drug-likeness (QED) is 0.644. The number of hydrogen-bond acceptors (Lipinski definition) is 2. The predicted molar refractivity (Wildman–Crippen MR) is 97.8 cm³/mol. The Bertz CT molecular complexity index is 411. The monoisotopic (exact) mass is 339 g/mol. The van der Waals surface area contributed by atoms with Gasteiger partial charge in [0.05, 0.1) is 0 Å². The van der Waals surface area contributed by atoms with Gasteiger partial charge in [-0.3, -0.25) is 4.79 Å². The minimum Gasteiger partial charge on any atom is -0.480 e. The lowest BCUT2D eigenvalue weighted by Crippen LogP contribution is -2.51. The SMILES string of the molecule is CC[C@H](C)[C@H](NC(=O)[C@]1(C)CC[C@H](CCCC(C)C)CC1)C(=O)O. The Hall–Kier alpha value is -1.06. The fraction of sp³-hybridized carbons (Fsp3) is 0.900. The minimum atomic E-state index is -0.927. The highest BCUT2D eigenvalue weighted by Crippen LogP contribution is 2.40. The molecule has 4 heteroatoms. The smallest absolute Gasteiger partial charge is 0.326 e. The van der Waals surface area contributed by atoms with Gasteiger partial charge < -0.3 is 10.4 Å². The second kappa shape index (κ2) is 9.43. The molecule has 24 heavy (non-hydrogen) atoms. The molecule has 4 nitrogen and oxygen atoms in total. The molecule has 1 fully saturated rings. The first-order valence-electron chi connectivity index (χ1n) is 9.73. The molecule has 0 spiro atoms. The average Bonchev–Trinajstić information content (AvgIpc) is 2.53. The third kappa shape index (κ3) is 6.10. The van der Waals surface area contributed by atoms with Crippen molar-refractivity contribution in [2.75, 3.05) is 0 Å². The van der Waals surface area contributed by atoms with E-state index in [1.807, 2.05) is 20.8 Å². The Balaban J connectivity index is 2.52. The van der Waals surface area contributed by atoms with E-state index in [1.165, 1.54) is 19.3 Å². The summed E-state index contributed by atoms with van der Waals surface area (Å²) in [5.74, 6) is 0.439. The number of carbonyl (C=O) groups is 2. The van der Waals surface area contributed by atoms with E-state index in [-0.39, 0.29) is 11.8 Å². The van der Waals surface area contributed by atoms with Crippen molar-refractivity contribution in [1.29, 1.82) is 0 Å². The Morgan fingerprint density at radius 3 is 2.25 bits per heavy atom. The van der Waals surface area contributed by atoms with Gasteiger partial charge in [-0.05, 0) is 43.4 Å². The van der Waals surface area contributed by atoms with Crippen molar-refractivity contribution in [3.05, 3.63) is 0 Å². The molecule has 0 unspecified atom stereocenters. The first-order chi connectivity index (χ1) is 11.2. The van der Waals surface area contributed by atoms with Gasteiger partial charge in [-0.2, -0.15) is 0 Å². The molecule has 140 valence electrons. The van der Waals surface area contributed by atoms with Crippen molar-refractivity contribution in [3.8, 4) is 0 Å². The molecule has 0 radical (unpaired) electrons. The number of nitrogens with one attached hydrogen (secondary N) is 1. The molecule has 1 saturated carbocycles. The van der Waals surface area contributed by atoms with Gasteiger partial charge in [0.2, 0.25) is 5.91 Å². The fourth-order valence-electron chi connectivity index (χ4n) is 3.64. The molecular weight excluding hydrogens is 302 g/mol. The number of carboxylic acid groups (broad SMARTS) is 1. The maximum Gasteiger partial charge on any atom is 0.326 e. The molecule has 0 bridgehead atoms. The first kappa shape index (κ1) is 21.0. The number of amides is 1. The minimum absolute atomic E-state index is 0.0533. The molecule has 1 rings (SSSR count). The maximum absolute atomic E-state index is 12.7. The van der Waals surface area contributed by atoms with Crippen LogP contribution in [0, 0.1) is 23.2 Å². The largest absolute Gasteiger partial charge is 0.480 e. The van der Waals surface area contributed by atoms with Gasteiger partial charge in [0, 0.05) is 5.41 Å². The van der Waals surface area contributed by atoms with Crippen molar-refractivity contribution < 1.29 is 14.7 Å². The molecular formula is C20H37NO3. The maximum atomic E-state index is 12.7. The summed E-state index contributed by atoms with van der Waals surface area (Å²) in [5.41, 5.74) is -0.407. The Labute approximate surface area is 147 Å². The lowest BCUT2D eigenvalue weighted by atomic mass is 9.70. The summed E-state index contributed by atoms with van der Waals surface area (Å²) in [6.07, 6.45) is 8.48. The molecule has 2 atom stereocenters. The van der Waals surface area contributed by atoms with E-state index >= 15 is 0 Å². The third-order valence-electron chi connectivity index (χ3n) is 5.92. The molecule has 1 aliphatic rings.